The Morgan fingerprint density at radius 1 is 0.875 bits per heavy atom. The highest BCUT2D eigenvalue weighted by molar-refractivity contribution is 7.80. The minimum Gasteiger partial charge on any atom is -0.726 e. The first-order valence-electron chi connectivity index (χ1n) is 3.95. The van der Waals surface area contributed by atoms with Gasteiger partial charge in [-0.25, -0.2) is 8.42 Å². The van der Waals surface area contributed by atoms with E-state index in [-0.39, 0.29) is 30.8 Å². The van der Waals surface area contributed by atoms with Crippen LogP contribution in [0, 0.1) is 0 Å². The van der Waals surface area contributed by atoms with Crippen LogP contribution in [0.3, 0.4) is 0 Å². The van der Waals surface area contributed by atoms with E-state index in [0.29, 0.717) is 0 Å². The number of carboxylic acids is 3. The zero-order valence-corrected chi connectivity index (χ0v) is 14.6. The van der Waals surface area contributed by atoms with Crippen LogP contribution in [0.25, 0.3) is 0 Å². The third-order valence-corrected chi connectivity index (χ3v) is 1.50. The Morgan fingerprint density at radius 3 is 1.17 bits per heavy atom. The SMILES string of the molecule is O=C([O-])CC(O)(CC(=O)[O-])C(=O)[O-].O=S(=O)([O-])O[O-].[NH4+].[NH4+].[NH4+].[NH4+].[NH4+]. The summed E-state index contributed by atoms with van der Waals surface area (Å²) in [5, 5.41) is 47.5. The lowest BCUT2D eigenvalue weighted by molar-refractivity contribution is -0.637. The number of hydrogen-bond acceptors (Lipinski definition) is 12. The van der Waals surface area contributed by atoms with Crippen molar-refractivity contribution < 1.29 is 57.4 Å². The maximum Gasteiger partial charge on any atom is 0.208 e. The van der Waals surface area contributed by atoms with Crippen molar-refractivity contribution in [2.75, 3.05) is 0 Å². The summed E-state index contributed by atoms with van der Waals surface area (Å²) < 4.78 is 28.8. The molecule has 0 saturated heterocycles. The van der Waals surface area contributed by atoms with Gasteiger partial charge in [-0.05, 0) is 0 Å². The Kier molecular flexibility index (Phi) is 31.2. The molecule has 152 valence electrons. The first-order chi connectivity index (χ1) is 8.34. The summed E-state index contributed by atoms with van der Waals surface area (Å²) >= 11 is 0. The lowest BCUT2D eigenvalue weighted by Gasteiger charge is -2.29. The second-order valence-electron chi connectivity index (χ2n) is 2.89. The van der Waals surface area contributed by atoms with Gasteiger partial charge in [-0.15, -0.1) is 0 Å². The molecule has 0 rings (SSSR count). The Bertz CT molecular complexity index is 437. The molecular formula is C6H25N5O12S. The fraction of sp³-hybridized carbons (Fsp3) is 0.500. The highest BCUT2D eigenvalue weighted by atomic mass is 32.3. The van der Waals surface area contributed by atoms with Crippen molar-refractivity contribution in [1.82, 2.24) is 30.8 Å². The molecule has 0 radical (unpaired) electrons. The third-order valence-electron chi connectivity index (χ3n) is 1.34. The maximum absolute atomic E-state index is 10.1. The highest BCUT2D eigenvalue weighted by Crippen LogP contribution is 2.13. The smallest absolute Gasteiger partial charge is 0.208 e. The van der Waals surface area contributed by atoms with Crippen molar-refractivity contribution in [3.8, 4) is 0 Å². The predicted molar refractivity (Wildman–Crippen MR) is 69.9 cm³/mol. The maximum atomic E-state index is 10.1. The van der Waals surface area contributed by atoms with Gasteiger partial charge in [0, 0.05) is 24.8 Å². The average Bonchev–Trinajstić information content (AvgIpc) is 2.14. The van der Waals surface area contributed by atoms with Crippen LogP contribution in [0.1, 0.15) is 12.8 Å². The normalized spacial score (nSPS) is 8.79. The van der Waals surface area contributed by atoms with Crippen molar-refractivity contribution >= 4 is 28.3 Å². The van der Waals surface area contributed by atoms with Crippen LogP contribution >= 0.6 is 0 Å². The van der Waals surface area contributed by atoms with Crippen molar-refractivity contribution in [3.05, 3.63) is 0 Å². The van der Waals surface area contributed by atoms with Crippen LogP contribution in [0.2, 0.25) is 0 Å². The molecule has 0 spiro atoms. The van der Waals surface area contributed by atoms with Crippen LogP contribution in [-0.4, -0.2) is 41.6 Å². The quantitative estimate of drug-likeness (QED) is 0.107. The summed E-state index contributed by atoms with van der Waals surface area (Å²) in [5.74, 6) is -5.98. The number of carbonyl (C=O) groups excluding carboxylic acids is 3. The Balaban J connectivity index is -0.0000000465. The van der Waals surface area contributed by atoms with Crippen LogP contribution in [0.4, 0.5) is 0 Å². The number of rotatable bonds is 6. The molecule has 0 aromatic heterocycles. The van der Waals surface area contributed by atoms with Gasteiger partial charge in [-0.1, -0.05) is 0 Å². The molecule has 0 aromatic rings. The van der Waals surface area contributed by atoms with Crippen LogP contribution in [0.5, 0.6) is 0 Å². The molecule has 0 atom stereocenters. The van der Waals surface area contributed by atoms with Crippen LogP contribution in [-0.2, 0) is 29.1 Å². The van der Waals surface area contributed by atoms with Crippen LogP contribution in [0.15, 0.2) is 0 Å². The summed E-state index contributed by atoms with van der Waals surface area (Å²) in [4.78, 5) is 30.0. The first-order valence-corrected chi connectivity index (χ1v) is 5.28. The van der Waals surface area contributed by atoms with Gasteiger partial charge in [0.05, 0.1) is 5.97 Å². The summed E-state index contributed by atoms with van der Waals surface area (Å²) in [6, 6.07) is 0. The molecule has 0 unspecified atom stereocenters. The molecule has 0 bridgehead atoms. The molecule has 0 heterocycles. The fourth-order valence-corrected chi connectivity index (χ4v) is 0.684. The number of quaternary nitrogens is 5. The van der Waals surface area contributed by atoms with E-state index in [1.807, 2.05) is 0 Å². The monoisotopic (exact) mass is 391 g/mol. The lowest BCUT2D eigenvalue weighted by atomic mass is 9.96. The summed E-state index contributed by atoms with van der Waals surface area (Å²) in [7, 11) is -4.97. The van der Waals surface area contributed by atoms with Gasteiger partial charge < -0.3 is 79.7 Å². The topological polar surface area (TPSA) is 413 Å². The molecule has 18 heteroatoms. The molecule has 0 fully saturated rings. The van der Waals surface area contributed by atoms with E-state index in [9.17, 15) is 29.7 Å². The van der Waals surface area contributed by atoms with E-state index in [0.717, 1.165) is 0 Å². The van der Waals surface area contributed by atoms with Gasteiger partial charge in [0.15, 0.2) is 0 Å². The summed E-state index contributed by atoms with van der Waals surface area (Å²) in [6.07, 6.45) is -2.72. The van der Waals surface area contributed by atoms with E-state index in [1.54, 1.807) is 0 Å². The van der Waals surface area contributed by atoms with Crippen molar-refractivity contribution in [2.45, 2.75) is 18.4 Å². The third kappa shape index (κ3) is 25.0. The van der Waals surface area contributed by atoms with Crippen molar-refractivity contribution in [1.29, 1.82) is 0 Å². The number of aliphatic carboxylic acids is 3. The number of hydrogen-bond donors (Lipinski definition) is 6. The molecule has 24 heavy (non-hydrogen) atoms. The van der Waals surface area contributed by atoms with Gasteiger partial charge in [-0.2, -0.15) is 0 Å². The van der Waals surface area contributed by atoms with Gasteiger partial charge >= 0.3 is 0 Å². The Morgan fingerprint density at radius 2 is 1.08 bits per heavy atom. The summed E-state index contributed by atoms with van der Waals surface area (Å²) in [6.45, 7) is 0. The second kappa shape index (κ2) is 17.4. The highest BCUT2D eigenvalue weighted by Gasteiger charge is 2.29. The molecular weight excluding hydrogens is 366 g/mol. The van der Waals surface area contributed by atoms with E-state index in [1.165, 1.54) is 0 Å². The van der Waals surface area contributed by atoms with E-state index < -0.39 is 46.7 Å². The lowest BCUT2D eigenvalue weighted by Crippen LogP contribution is -2.54. The molecule has 0 amide bonds. The molecule has 0 aliphatic heterocycles. The fourth-order valence-electron chi connectivity index (χ4n) is 0.684. The Hall–Kier alpha value is -2.00. The standard InChI is InChI=1S/C6H8O7.5H3N.H2O5S/c7-3(8)1-6(13,5(11)12)2-4(9)10;;;;;;1-5-6(2,3)4/h13H,1-2H2,(H,7,8)(H,9,10)(H,11,12);5*1H3;1H,(H,2,3,4). The molecule has 17 nitrogen and oxygen atoms in total. The molecule has 0 aromatic carbocycles. The van der Waals surface area contributed by atoms with Crippen LogP contribution < -0.4 is 51.3 Å². The average molecular weight is 391 g/mol. The van der Waals surface area contributed by atoms with E-state index >= 15 is 0 Å². The number of aliphatic hydroxyl groups is 1. The molecule has 21 N–H and O–H groups in total. The molecule has 0 aliphatic rings. The first kappa shape index (κ1) is 43.1. The minimum atomic E-state index is -4.97. The van der Waals surface area contributed by atoms with E-state index in [4.69, 9.17) is 23.3 Å². The number of carboxylic acid groups (broad SMARTS) is 3. The molecule has 0 aliphatic carbocycles. The van der Waals surface area contributed by atoms with Gasteiger partial charge in [0.1, 0.15) is 5.60 Å². The van der Waals surface area contributed by atoms with Crippen molar-refractivity contribution in [2.24, 2.45) is 0 Å². The zero-order chi connectivity index (χ0) is 15.9. The molecule has 0 saturated carbocycles. The zero-order valence-electron chi connectivity index (χ0n) is 13.8. The van der Waals surface area contributed by atoms with Gasteiger partial charge in [0.2, 0.25) is 10.4 Å². The summed E-state index contributed by atoms with van der Waals surface area (Å²) in [5.41, 5.74) is -2.97. The second-order valence-corrected chi connectivity index (χ2v) is 3.85. The number of carbonyl (C=O) groups is 3. The van der Waals surface area contributed by atoms with Gasteiger partial charge in [0.25, 0.3) is 0 Å². The van der Waals surface area contributed by atoms with E-state index in [2.05, 4.69) is 4.33 Å². The largest absolute Gasteiger partial charge is 0.726 e. The van der Waals surface area contributed by atoms with Crippen molar-refractivity contribution in [3.63, 3.8) is 0 Å². The predicted octanol–water partition coefficient (Wildman–Crippen LogP) is -5.63. The minimum absolute atomic E-state index is 0. The Labute approximate surface area is 136 Å². The van der Waals surface area contributed by atoms with Gasteiger partial charge in [-0.3, -0.25) is 0 Å².